The predicted octanol–water partition coefficient (Wildman–Crippen LogP) is 2.56. The molecule has 1 aromatic rings. The van der Waals surface area contributed by atoms with Crippen molar-refractivity contribution in [3.8, 4) is 5.75 Å². The Bertz CT molecular complexity index is 472. The van der Waals surface area contributed by atoms with Gasteiger partial charge in [-0.25, -0.2) is 4.79 Å². The van der Waals surface area contributed by atoms with Gasteiger partial charge in [0.05, 0.1) is 7.11 Å². The molecule has 0 atom stereocenters. The van der Waals surface area contributed by atoms with Crippen molar-refractivity contribution >= 4 is 21.9 Å². The van der Waals surface area contributed by atoms with Gasteiger partial charge in [0.25, 0.3) is 0 Å². The molecule has 19 heavy (non-hydrogen) atoms. The van der Waals surface area contributed by atoms with E-state index in [4.69, 9.17) is 4.74 Å². The Labute approximate surface area is 121 Å². The van der Waals surface area contributed by atoms with E-state index in [-0.39, 0.29) is 12.6 Å². The zero-order valence-corrected chi connectivity index (χ0v) is 12.7. The van der Waals surface area contributed by atoms with Crippen molar-refractivity contribution in [2.24, 2.45) is 0 Å². The number of ether oxygens (including phenoxy) is 2. The van der Waals surface area contributed by atoms with E-state index >= 15 is 0 Å². The molecule has 0 aliphatic heterocycles. The Hall–Kier alpha value is -1.07. The van der Waals surface area contributed by atoms with Gasteiger partial charge in [-0.05, 0) is 37.5 Å². The summed E-state index contributed by atoms with van der Waals surface area (Å²) in [6.45, 7) is 2.66. The van der Waals surface area contributed by atoms with Crippen LogP contribution in [0.25, 0.3) is 0 Å². The molecule has 1 aliphatic rings. The molecule has 0 unspecified atom stereocenters. The van der Waals surface area contributed by atoms with E-state index in [9.17, 15) is 4.79 Å². The SMILES string of the molecule is COC(=O)COc1c(C)cc(Br)cc1CNC1CC1. The number of carbonyl (C=O) groups is 1. The Kier molecular flexibility index (Phi) is 4.82. The van der Waals surface area contributed by atoms with Gasteiger partial charge in [0.15, 0.2) is 6.61 Å². The van der Waals surface area contributed by atoms with E-state index in [2.05, 4.69) is 26.0 Å². The van der Waals surface area contributed by atoms with Crippen molar-refractivity contribution in [2.45, 2.75) is 32.4 Å². The summed E-state index contributed by atoms with van der Waals surface area (Å²) in [6, 6.07) is 4.63. The van der Waals surface area contributed by atoms with Crippen LogP contribution in [-0.2, 0) is 16.1 Å². The lowest BCUT2D eigenvalue weighted by molar-refractivity contribution is -0.142. The largest absolute Gasteiger partial charge is 0.481 e. The first-order valence-corrected chi connectivity index (χ1v) is 7.11. The highest BCUT2D eigenvalue weighted by atomic mass is 79.9. The van der Waals surface area contributed by atoms with Crippen LogP contribution in [0.1, 0.15) is 24.0 Å². The number of hydrogen-bond acceptors (Lipinski definition) is 4. The van der Waals surface area contributed by atoms with Gasteiger partial charge in [-0.2, -0.15) is 0 Å². The smallest absolute Gasteiger partial charge is 0.343 e. The van der Waals surface area contributed by atoms with Crippen LogP contribution in [-0.4, -0.2) is 25.7 Å². The van der Waals surface area contributed by atoms with Gasteiger partial charge in [-0.3, -0.25) is 0 Å². The van der Waals surface area contributed by atoms with Gasteiger partial charge >= 0.3 is 5.97 Å². The fourth-order valence-electron chi connectivity index (χ4n) is 1.87. The fraction of sp³-hybridized carbons (Fsp3) is 0.500. The molecule has 1 aliphatic carbocycles. The van der Waals surface area contributed by atoms with Gasteiger partial charge < -0.3 is 14.8 Å². The van der Waals surface area contributed by atoms with Crippen LogP contribution in [0.2, 0.25) is 0 Å². The van der Waals surface area contributed by atoms with Crippen molar-refractivity contribution in [1.82, 2.24) is 5.32 Å². The summed E-state index contributed by atoms with van der Waals surface area (Å²) in [5, 5.41) is 3.45. The van der Waals surface area contributed by atoms with Crippen LogP contribution in [0.3, 0.4) is 0 Å². The molecular weight excluding hydrogens is 310 g/mol. The van der Waals surface area contributed by atoms with Crippen LogP contribution < -0.4 is 10.1 Å². The molecule has 1 saturated carbocycles. The molecule has 0 radical (unpaired) electrons. The van der Waals surface area contributed by atoms with E-state index in [0.717, 1.165) is 27.9 Å². The van der Waals surface area contributed by atoms with E-state index < -0.39 is 0 Å². The summed E-state index contributed by atoms with van der Waals surface area (Å²) in [5.74, 6) is 0.394. The first kappa shape index (κ1) is 14.3. The number of esters is 1. The molecule has 0 amide bonds. The van der Waals surface area contributed by atoms with Crippen LogP contribution in [0.15, 0.2) is 16.6 Å². The molecule has 1 fully saturated rings. The lowest BCUT2D eigenvalue weighted by atomic mass is 10.1. The minimum absolute atomic E-state index is 0.0601. The number of methoxy groups -OCH3 is 1. The quantitative estimate of drug-likeness (QED) is 0.816. The van der Waals surface area contributed by atoms with Crippen molar-refractivity contribution in [3.05, 3.63) is 27.7 Å². The minimum Gasteiger partial charge on any atom is -0.481 e. The number of carbonyl (C=O) groups excluding carboxylic acids is 1. The van der Waals surface area contributed by atoms with Gasteiger partial charge in [0.2, 0.25) is 0 Å². The van der Waals surface area contributed by atoms with Gasteiger partial charge in [0, 0.05) is 22.6 Å². The third-order valence-corrected chi connectivity index (χ3v) is 3.49. The van der Waals surface area contributed by atoms with Crippen molar-refractivity contribution in [3.63, 3.8) is 0 Å². The molecule has 1 aromatic carbocycles. The Morgan fingerprint density at radius 3 is 2.84 bits per heavy atom. The predicted molar refractivity (Wildman–Crippen MR) is 76.3 cm³/mol. The zero-order valence-electron chi connectivity index (χ0n) is 11.2. The molecule has 104 valence electrons. The fourth-order valence-corrected chi connectivity index (χ4v) is 2.49. The second-order valence-electron chi connectivity index (χ2n) is 4.73. The number of nitrogens with one attached hydrogen (secondary N) is 1. The molecule has 4 nitrogen and oxygen atoms in total. The lowest BCUT2D eigenvalue weighted by Gasteiger charge is -2.14. The van der Waals surface area contributed by atoms with Gasteiger partial charge in [-0.1, -0.05) is 15.9 Å². The van der Waals surface area contributed by atoms with Crippen LogP contribution in [0.5, 0.6) is 5.75 Å². The molecule has 5 heteroatoms. The van der Waals surface area contributed by atoms with E-state index in [0.29, 0.717) is 6.04 Å². The topological polar surface area (TPSA) is 47.6 Å². The van der Waals surface area contributed by atoms with E-state index in [1.54, 1.807) is 0 Å². The summed E-state index contributed by atoms with van der Waals surface area (Å²) in [6.07, 6.45) is 2.48. The van der Waals surface area contributed by atoms with Crippen molar-refractivity contribution in [2.75, 3.05) is 13.7 Å². The minimum atomic E-state index is -0.372. The molecule has 0 aromatic heterocycles. The third kappa shape index (κ3) is 4.21. The third-order valence-electron chi connectivity index (χ3n) is 3.04. The number of halogens is 1. The Balaban J connectivity index is 2.10. The standard InChI is InChI=1S/C14H18BrNO3/c1-9-5-11(15)6-10(7-16-12-3-4-12)14(9)19-8-13(17)18-2/h5-6,12,16H,3-4,7-8H2,1-2H3. The summed E-state index contributed by atoms with van der Waals surface area (Å²) < 4.78 is 11.2. The van der Waals surface area contributed by atoms with Crippen LogP contribution >= 0.6 is 15.9 Å². The molecule has 2 rings (SSSR count). The molecular formula is C14H18BrNO3. The van der Waals surface area contributed by atoms with Gasteiger partial charge in [0.1, 0.15) is 5.75 Å². The summed E-state index contributed by atoms with van der Waals surface area (Å²) in [4.78, 5) is 11.2. The van der Waals surface area contributed by atoms with Crippen molar-refractivity contribution < 1.29 is 14.3 Å². The molecule has 0 heterocycles. The Morgan fingerprint density at radius 2 is 2.21 bits per heavy atom. The number of rotatable bonds is 6. The highest BCUT2D eigenvalue weighted by Gasteiger charge is 2.21. The maximum absolute atomic E-state index is 11.2. The first-order valence-electron chi connectivity index (χ1n) is 6.32. The maximum atomic E-state index is 11.2. The van der Waals surface area contributed by atoms with Crippen molar-refractivity contribution in [1.29, 1.82) is 0 Å². The number of aryl methyl sites for hydroxylation is 1. The van der Waals surface area contributed by atoms with E-state index in [1.807, 2.05) is 19.1 Å². The summed E-state index contributed by atoms with van der Waals surface area (Å²) in [7, 11) is 1.36. The average molecular weight is 328 g/mol. The molecule has 0 spiro atoms. The maximum Gasteiger partial charge on any atom is 0.343 e. The first-order chi connectivity index (χ1) is 9.10. The zero-order chi connectivity index (χ0) is 13.8. The highest BCUT2D eigenvalue weighted by Crippen LogP contribution is 2.29. The second kappa shape index (κ2) is 6.39. The summed E-state index contributed by atoms with van der Waals surface area (Å²) in [5.41, 5.74) is 2.06. The highest BCUT2D eigenvalue weighted by molar-refractivity contribution is 9.10. The number of benzene rings is 1. The lowest BCUT2D eigenvalue weighted by Crippen LogP contribution is -2.18. The average Bonchev–Trinajstić information content (AvgIpc) is 3.18. The normalized spacial score (nSPS) is 14.3. The monoisotopic (exact) mass is 327 g/mol. The number of hydrogen-bond donors (Lipinski definition) is 1. The second-order valence-corrected chi connectivity index (χ2v) is 5.65. The molecule has 0 saturated heterocycles. The van der Waals surface area contributed by atoms with Gasteiger partial charge in [-0.15, -0.1) is 0 Å². The van der Waals surface area contributed by atoms with E-state index in [1.165, 1.54) is 20.0 Å². The van der Waals surface area contributed by atoms with Crippen LogP contribution in [0, 0.1) is 6.92 Å². The molecule has 0 bridgehead atoms. The molecule has 1 N–H and O–H groups in total. The van der Waals surface area contributed by atoms with Crippen LogP contribution in [0.4, 0.5) is 0 Å². The Morgan fingerprint density at radius 1 is 1.47 bits per heavy atom. The summed E-state index contributed by atoms with van der Waals surface area (Å²) >= 11 is 3.49.